The lowest BCUT2D eigenvalue weighted by Gasteiger charge is -2.15. The van der Waals surface area contributed by atoms with Gasteiger partial charge < -0.3 is 10.4 Å². The molecule has 100 valence electrons. The molecule has 0 radical (unpaired) electrons. The zero-order valence-corrected chi connectivity index (χ0v) is 9.93. The molecular weight excluding hydrogens is 243 g/mol. The van der Waals surface area contributed by atoms with Crippen molar-refractivity contribution in [1.82, 2.24) is 5.32 Å². The molecule has 0 amide bonds. The van der Waals surface area contributed by atoms with E-state index in [1.54, 1.807) is 0 Å². The highest BCUT2D eigenvalue weighted by Gasteiger charge is 2.37. The lowest BCUT2D eigenvalue weighted by molar-refractivity contribution is -0.201. The van der Waals surface area contributed by atoms with Gasteiger partial charge in [0.1, 0.15) is 0 Å². The highest BCUT2D eigenvalue weighted by Crippen LogP contribution is 2.23. The maximum absolute atomic E-state index is 12.1. The summed E-state index contributed by atoms with van der Waals surface area (Å²) in [5.74, 6) is 0. The summed E-state index contributed by atoms with van der Waals surface area (Å²) in [5.41, 5.74) is 3.60. The Balaban J connectivity index is 1.84. The van der Waals surface area contributed by atoms with E-state index in [2.05, 4.69) is 5.32 Å². The van der Waals surface area contributed by atoms with E-state index in [9.17, 15) is 13.2 Å². The molecule has 1 aromatic rings. The second kappa shape index (κ2) is 5.28. The molecule has 1 atom stereocenters. The Hall–Kier alpha value is -1.07. The number of benzene rings is 1. The standard InChI is InChI=1S/C13H16F3NO/c14-13(15,16)12(18)8-17-7-9-4-5-10-2-1-3-11(10)6-9/h4-6,12,17-18H,1-3,7-8H2. The zero-order chi connectivity index (χ0) is 13.2. The van der Waals surface area contributed by atoms with Gasteiger partial charge >= 0.3 is 6.18 Å². The van der Waals surface area contributed by atoms with Crippen LogP contribution in [0.15, 0.2) is 18.2 Å². The molecule has 18 heavy (non-hydrogen) atoms. The van der Waals surface area contributed by atoms with Crippen LogP contribution in [-0.2, 0) is 19.4 Å². The number of alkyl halides is 3. The minimum absolute atomic E-state index is 0.348. The van der Waals surface area contributed by atoms with E-state index in [0.29, 0.717) is 6.54 Å². The summed E-state index contributed by atoms with van der Waals surface area (Å²) in [6.07, 6.45) is -3.55. The minimum atomic E-state index is -4.55. The van der Waals surface area contributed by atoms with Crippen LogP contribution < -0.4 is 5.32 Å². The second-order valence-corrected chi connectivity index (χ2v) is 4.64. The van der Waals surface area contributed by atoms with Crippen LogP contribution in [0.25, 0.3) is 0 Å². The van der Waals surface area contributed by atoms with Crippen molar-refractivity contribution in [2.45, 2.75) is 38.1 Å². The van der Waals surface area contributed by atoms with Gasteiger partial charge in [-0.2, -0.15) is 13.2 Å². The molecule has 0 aliphatic heterocycles. The van der Waals surface area contributed by atoms with Crippen LogP contribution in [-0.4, -0.2) is 23.9 Å². The predicted molar refractivity (Wildman–Crippen MR) is 62.2 cm³/mol. The first-order valence-corrected chi connectivity index (χ1v) is 6.03. The number of aliphatic hydroxyl groups excluding tert-OH is 1. The number of nitrogens with one attached hydrogen (secondary N) is 1. The van der Waals surface area contributed by atoms with Gasteiger partial charge in [-0.05, 0) is 36.0 Å². The summed E-state index contributed by atoms with van der Waals surface area (Å²) in [5, 5.41) is 11.5. The Morgan fingerprint density at radius 2 is 1.94 bits per heavy atom. The topological polar surface area (TPSA) is 32.3 Å². The average Bonchev–Trinajstić information content (AvgIpc) is 2.74. The van der Waals surface area contributed by atoms with E-state index in [0.717, 1.165) is 24.8 Å². The van der Waals surface area contributed by atoms with Crippen LogP contribution in [0.5, 0.6) is 0 Å². The summed E-state index contributed by atoms with van der Waals surface area (Å²) in [6, 6.07) is 6.01. The number of halogens is 3. The smallest absolute Gasteiger partial charge is 0.382 e. The molecule has 0 bridgehead atoms. The van der Waals surface area contributed by atoms with E-state index >= 15 is 0 Å². The number of hydrogen-bond donors (Lipinski definition) is 2. The van der Waals surface area contributed by atoms with E-state index in [4.69, 9.17) is 5.11 Å². The Labute approximate surface area is 104 Å². The van der Waals surface area contributed by atoms with Crippen LogP contribution in [0.2, 0.25) is 0 Å². The van der Waals surface area contributed by atoms with Crippen LogP contribution in [0.4, 0.5) is 13.2 Å². The van der Waals surface area contributed by atoms with Crippen molar-refractivity contribution in [1.29, 1.82) is 0 Å². The molecule has 0 heterocycles. The first-order chi connectivity index (χ1) is 8.47. The van der Waals surface area contributed by atoms with Crippen molar-refractivity contribution in [3.63, 3.8) is 0 Å². The van der Waals surface area contributed by atoms with Crippen LogP contribution in [0.1, 0.15) is 23.1 Å². The lowest BCUT2D eigenvalue weighted by Crippen LogP contribution is -2.38. The van der Waals surface area contributed by atoms with E-state index < -0.39 is 18.8 Å². The maximum atomic E-state index is 12.1. The third-order valence-electron chi connectivity index (χ3n) is 3.21. The first-order valence-electron chi connectivity index (χ1n) is 6.03. The normalized spacial score (nSPS) is 16.7. The number of rotatable bonds is 4. The quantitative estimate of drug-likeness (QED) is 0.868. The third-order valence-corrected chi connectivity index (χ3v) is 3.21. The van der Waals surface area contributed by atoms with Gasteiger partial charge in [-0.25, -0.2) is 0 Å². The zero-order valence-electron chi connectivity index (χ0n) is 9.93. The van der Waals surface area contributed by atoms with Crippen LogP contribution >= 0.6 is 0 Å². The summed E-state index contributed by atoms with van der Waals surface area (Å²) in [7, 11) is 0. The predicted octanol–water partition coefficient (Wildman–Crippen LogP) is 2.19. The number of fused-ring (bicyclic) bond motifs is 1. The SMILES string of the molecule is OC(CNCc1ccc2c(c1)CCC2)C(F)(F)F. The van der Waals surface area contributed by atoms with Gasteiger partial charge in [-0.1, -0.05) is 18.2 Å². The summed E-state index contributed by atoms with van der Waals surface area (Å²) in [4.78, 5) is 0. The average molecular weight is 259 g/mol. The fourth-order valence-electron chi connectivity index (χ4n) is 2.20. The van der Waals surface area contributed by atoms with E-state index in [1.807, 2.05) is 18.2 Å². The Kier molecular flexibility index (Phi) is 3.92. The number of aryl methyl sites for hydroxylation is 2. The third kappa shape index (κ3) is 3.23. The van der Waals surface area contributed by atoms with Gasteiger partial charge in [-0.15, -0.1) is 0 Å². The van der Waals surface area contributed by atoms with Gasteiger partial charge in [0.2, 0.25) is 0 Å². The molecule has 2 nitrogen and oxygen atoms in total. The second-order valence-electron chi connectivity index (χ2n) is 4.64. The van der Waals surface area contributed by atoms with Crippen molar-refractivity contribution in [2.24, 2.45) is 0 Å². The van der Waals surface area contributed by atoms with Gasteiger partial charge in [0.25, 0.3) is 0 Å². The molecule has 0 fully saturated rings. The summed E-state index contributed by atoms with van der Waals surface area (Å²) in [6.45, 7) is -0.124. The van der Waals surface area contributed by atoms with Crippen molar-refractivity contribution in [3.05, 3.63) is 34.9 Å². The Morgan fingerprint density at radius 1 is 1.22 bits per heavy atom. The summed E-state index contributed by atoms with van der Waals surface area (Å²) < 4.78 is 36.2. The largest absolute Gasteiger partial charge is 0.415 e. The van der Waals surface area contributed by atoms with Gasteiger partial charge in [0.05, 0.1) is 0 Å². The van der Waals surface area contributed by atoms with E-state index in [-0.39, 0.29) is 0 Å². The fraction of sp³-hybridized carbons (Fsp3) is 0.538. The molecule has 0 saturated heterocycles. The van der Waals surface area contributed by atoms with Gasteiger partial charge in [0, 0.05) is 13.1 Å². The summed E-state index contributed by atoms with van der Waals surface area (Å²) >= 11 is 0. The maximum Gasteiger partial charge on any atom is 0.415 e. The van der Waals surface area contributed by atoms with Crippen molar-refractivity contribution < 1.29 is 18.3 Å². The fourth-order valence-corrected chi connectivity index (χ4v) is 2.20. The molecule has 1 aliphatic rings. The Morgan fingerprint density at radius 3 is 2.67 bits per heavy atom. The highest BCUT2D eigenvalue weighted by molar-refractivity contribution is 5.35. The molecule has 0 spiro atoms. The molecule has 1 aromatic carbocycles. The van der Waals surface area contributed by atoms with Crippen LogP contribution in [0.3, 0.4) is 0 Å². The number of hydrogen-bond acceptors (Lipinski definition) is 2. The molecular formula is C13H16F3NO. The van der Waals surface area contributed by atoms with Crippen molar-refractivity contribution in [2.75, 3.05) is 6.54 Å². The molecule has 1 unspecified atom stereocenters. The van der Waals surface area contributed by atoms with Gasteiger partial charge in [-0.3, -0.25) is 0 Å². The highest BCUT2D eigenvalue weighted by atomic mass is 19.4. The van der Waals surface area contributed by atoms with Gasteiger partial charge in [0.15, 0.2) is 6.10 Å². The van der Waals surface area contributed by atoms with Crippen molar-refractivity contribution in [3.8, 4) is 0 Å². The lowest BCUT2D eigenvalue weighted by atomic mass is 10.1. The molecule has 0 aromatic heterocycles. The first kappa shape index (κ1) is 13.4. The molecule has 2 N–H and O–H groups in total. The van der Waals surface area contributed by atoms with E-state index in [1.165, 1.54) is 11.1 Å². The molecule has 1 aliphatic carbocycles. The Bertz CT molecular complexity index is 417. The van der Waals surface area contributed by atoms with Crippen LogP contribution in [0, 0.1) is 0 Å². The van der Waals surface area contributed by atoms with Crippen molar-refractivity contribution >= 4 is 0 Å². The molecule has 5 heteroatoms. The minimum Gasteiger partial charge on any atom is -0.382 e. The monoisotopic (exact) mass is 259 g/mol. The number of aliphatic hydroxyl groups is 1. The molecule has 0 saturated carbocycles. The molecule has 2 rings (SSSR count).